The second-order valence-corrected chi connectivity index (χ2v) is 7.10. The standard InChI is InChI=1S/C21H22N4O4/c26-16-9-15-14-8-18(16)27-7-3-1-2-6-22-10-13-4-5-17-20(29-12-28-17)19(13)25-21(14)24-11-23-15/h4-5,8-9,11,22,26H,1-3,6-7,10,12H2,(H,23,24,25). The molecule has 0 amide bonds. The Morgan fingerprint density at radius 3 is 2.90 bits per heavy atom. The lowest BCUT2D eigenvalue weighted by molar-refractivity contribution is 0.174. The van der Waals surface area contributed by atoms with E-state index in [2.05, 4.69) is 20.6 Å². The second-order valence-electron chi connectivity index (χ2n) is 7.10. The van der Waals surface area contributed by atoms with Crippen LogP contribution in [0.2, 0.25) is 0 Å². The zero-order chi connectivity index (χ0) is 19.6. The fourth-order valence-electron chi connectivity index (χ4n) is 3.64. The van der Waals surface area contributed by atoms with Crippen molar-refractivity contribution in [3.05, 3.63) is 36.2 Å². The molecule has 3 heterocycles. The highest BCUT2D eigenvalue weighted by atomic mass is 16.7. The lowest BCUT2D eigenvalue weighted by Gasteiger charge is -2.16. The molecule has 0 unspecified atom stereocenters. The molecule has 3 aromatic rings. The van der Waals surface area contributed by atoms with Crippen LogP contribution >= 0.6 is 0 Å². The first kappa shape index (κ1) is 17.8. The van der Waals surface area contributed by atoms with Gasteiger partial charge in [-0.05, 0) is 43.5 Å². The summed E-state index contributed by atoms with van der Waals surface area (Å²) in [7, 11) is 0. The smallest absolute Gasteiger partial charge is 0.231 e. The minimum Gasteiger partial charge on any atom is -0.504 e. The topological polar surface area (TPSA) is 97.8 Å². The summed E-state index contributed by atoms with van der Waals surface area (Å²) in [6.07, 6.45) is 4.48. The van der Waals surface area contributed by atoms with Crippen molar-refractivity contribution >= 4 is 22.4 Å². The molecule has 0 atom stereocenters. The van der Waals surface area contributed by atoms with E-state index in [1.165, 1.54) is 6.33 Å². The predicted molar refractivity (Wildman–Crippen MR) is 108 cm³/mol. The van der Waals surface area contributed by atoms with Crippen molar-refractivity contribution in [1.82, 2.24) is 15.3 Å². The van der Waals surface area contributed by atoms with E-state index in [-0.39, 0.29) is 12.5 Å². The van der Waals surface area contributed by atoms with Gasteiger partial charge in [0.2, 0.25) is 6.79 Å². The largest absolute Gasteiger partial charge is 0.504 e. The molecule has 3 N–H and O–H groups in total. The number of hydrogen-bond acceptors (Lipinski definition) is 8. The normalized spacial score (nSPS) is 16.4. The van der Waals surface area contributed by atoms with Crippen LogP contribution in [0.25, 0.3) is 10.9 Å². The van der Waals surface area contributed by atoms with Gasteiger partial charge < -0.3 is 30.0 Å². The number of nitrogens with one attached hydrogen (secondary N) is 2. The Labute approximate surface area is 167 Å². The quantitative estimate of drug-likeness (QED) is 0.533. The number of hydrogen-bond donors (Lipinski definition) is 3. The van der Waals surface area contributed by atoms with E-state index in [0.29, 0.717) is 41.7 Å². The highest BCUT2D eigenvalue weighted by Gasteiger charge is 2.22. The van der Waals surface area contributed by atoms with E-state index in [0.717, 1.165) is 42.4 Å². The van der Waals surface area contributed by atoms with E-state index in [1.807, 2.05) is 12.1 Å². The molecule has 5 rings (SSSR count). The first-order chi connectivity index (χ1) is 14.3. The van der Waals surface area contributed by atoms with Gasteiger partial charge in [-0.15, -0.1) is 0 Å². The number of fused-ring (bicyclic) bond motifs is 4. The summed E-state index contributed by atoms with van der Waals surface area (Å²) in [5.41, 5.74) is 2.50. The van der Waals surface area contributed by atoms with E-state index in [1.54, 1.807) is 12.1 Å². The first-order valence-electron chi connectivity index (χ1n) is 9.79. The average Bonchev–Trinajstić information content (AvgIpc) is 3.20. The van der Waals surface area contributed by atoms with Crippen molar-refractivity contribution in [3.63, 3.8) is 0 Å². The highest BCUT2D eigenvalue weighted by Crippen LogP contribution is 2.43. The average molecular weight is 394 g/mol. The maximum absolute atomic E-state index is 10.3. The van der Waals surface area contributed by atoms with Gasteiger partial charge in [0.25, 0.3) is 0 Å². The van der Waals surface area contributed by atoms with Gasteiger partial charge in [-0.3, -0.25) is 0 Å². The van der Waals surface area contributed by atoms with Crippen LogP contribution in [0.5, 0.6) is 23.0 Å². The van der Waals surface area contributed by atoms with Crippen LogP contribution in [0.1, 0.15) is 24.8 Å². The molecule has 8 nitrogen and oxygen atoms in total. The monoisotopic (exact) mass is 394 g/mol. The Hall–Kier alpha value is -3.26. The van der Waals surface area contributed by atoms with Gasteiger partial charge >= 0.3 is 0 Å². The molecule has 2 aromatic carbocycles. The van der Waals surface area contributed by atoms with E-state index >= 15 is 0 Å². The van der Waals surface area contributed by atoms with Gasteiger partial charge in [-0.2, -0.15) is 0 Å². The minimum atomic E-state index is 0.0751. The number of phenolic OH excluding ortho intramolecular Hbond substituents is 1. The summed E-state index contributed by atoms with van der Waals surface area (Å²) in [6, 6.07) is 7.35. The van der Waals surface area contributed by atoms with E-state index in [4.69, 9.17) is 14.2 Å². The number of anilines is 2. The molecule has 0 saturated carbocycles. The van der Waals surface area contributed by atoms with Crippen molar-refractivity contribution in [2.75, 3.05) is 25.3 Å². The summed E-state index contributed by atoms with van der Waals surface area (Å²) in [6.45, 7) is 2.35. The summed E-state index contributed by atoms with van der Waals surface area (Å²) >= 11 is 0. The van der Waals surface area contributed by atoms with Gasteiger partial charge in [-0.1, -0.05) is 6.07 Å². The van der Waals surface area contributed by atoms with Gasteiger partial charge in [0.15, 0.2) is 23.0 Å². The zero-order valence-electron chi connectivity index (χ0n) is 15.9. The molecule has 1 aromatic heterocycles. The number of nitrogens with zero attached hydrogens (tertiary/aromatic N) is 2. The number of phenols is 1. The Bertz CT molecular complexity index is 1060. The highest BCUT2D eigenvalue weighted by molar-refractivity contribution is 5.94. The van der Waals surface area contributed by atoms with Crippen LogP contribution < -0.4 is 24.8 Å². The molecule has 2 aliphatic rings. The van der Waals surface area contributed by atoms with Gasteiger partial charge in [0, 0.05) is 18.0 Å². The van der Waals surface area contributed by atoms with Crippen LogP contribution in [0.4, 0.5) is 11.5 Å². The third-order valence-electron chi connectivity index (χ3n) is 5.16. The van der Waals surface area contributed by atoms with Gasteiger partial charge in [0.05, 0.1) is 17.8 Å². The van der Waals surface area contributed by atoms with Crippen LogP contribution in [-0.4, -0.2) is 35.0 Å². The Kier molecular flexibility index (Phi) is 4.69. The second kappa shape index (κ2) is 7.63. The summed E-state index contributed by atoms with van der Waals surface area (Å²) in [4.78, 5) is 8.72. The number of aromatic hydroxyl groups is 1. The number of rotatable bonds is 0. The van der Waals surface area contributed by atoms with Crippen LogP contribution in [0.3, 0.4) is 0 Å². The van der Waals surface area contributed by atoms with E-state index in [9.17, 15) is 5.11 Å². The SMILES string of the molecule is Oc1cc2ncnc3c2cc1OCCCCCNCc1ccc2c(c1N3)OCO2. The maximum Gasteiger partial charge on any atom is 0.231 e. The molecule has 0 saturated heterocycles. The van der Waals surface area contributed by atoms with Crippen LogP contribution in [-0.2, 0) is 6.54 Å². The van der Waals surface area contributed by atoms with E-state index < -0.39 is 0 Å². The lowest BCUT2D eigenvalue weighted by Crippen LogP contribution is -2.16. The van der Waals surface area contributed by atoms with Gasteiger partial charge in [0.1, 0.15) is 12.1 Å². The molecule has 0 fully saturated rings. The zero-order valence-corrected chi connectivity index (χ0v) is 15.9. The molecule has 0 aliphatic carbocycles. The molecule has 0 radical (unpaired) electrons. The maximum atomic E-state index is 10.3. The van der Waals surface area contributed by atoms with Crippen molar-refractivity contribution < 1.29 is 19.3 Å². The van der Waals surface area contributed by atoms with Crippen molar-refractivity contribution in [2.24, 2.45) is 0 Å². The Morgan fingerprint density at radius 1 is 0.966 bits per heavy atom. The Morgan fingerprint density at radius 2 is 1.93 bits per heavy atom. The fourth-order valence-corrected chi connectivity index (χ4v) is 3.64. The molecular weight excluding hydrogens is 372 g/mol. The molecule has 2 aliphatic heterocycles. The molecule has 29 heavy (non-hydrogen) atoms. The van der Waals surface area contributed by atoms with Crippen molar-refractivity contribution in [3.8, 4) is 23.0 Å². The lowest BCUT2D eigenvalue weighted by atomic mass is 10.1. The molecule has 2 bridgehead atoms. The molecular formula is C21H22N4O4. The Balaban J connectivity index is 1.63. The number of aromatic nitrogens is 2. The molecule has 0 spiro atoms. The van der Waals surface area contributed by atoms with Crippen molar-refractivity contribution in [2.45, 2.75) is 25.8 Å². The summed E-state index contributed by atoms with van der Waals surface area (Å²) in [5.74, 6) is 2.50. The minimum absolute atomic E-state index is 0.0751. The van der Waals surface area contributed by atoms with Crippen LogP contribution in [0.15, 0.2) is 30.6 Å². The first-order valence-corrected chi connectivity index (χ1v) is 9.79. The number of benzene rings is 2. The number of ether oxygens (including phenoxy) is 3. The van der Waals surface area contributed by atoms with Crippen molar-refractivity contribution in [1.29, 1.82) is 0 Å². The molecule has 150 valence electrons. The van der Waals surface area contributed by atoms with Crippen LogP contribution in [0, 0.1) is 0 Å². The predicted octanol–water partition coefficient (Wildman–Crippen LogP) is 3.46. The fraction of sp³-hybridized carbons (Fsp3) is 0.333. The molecule has 8 heteroatoms. The summed E-state index contributed by atoms with van der Waals surface area (Å²) < 4.78 is 17.1. The summed E-state index contributed by atoms with van der Waals surface area (Å²) in [5, 5.41) is 18.0. The van der Waals surface area contributed by atoms with Gasteiger partial charge in [-0.25, -0.2) is 9.97 Å². The third-order valence-corrected chi connectivity index (χ3v) is 5.16. The third kappa shape index (κ3) is 3.47.